The molecule has 10 nitrogen and oxygen atoms in total. The molecule has 38 heavy (non-hydrogen) atoms. The zero-order chi connectivity index (χ0) is 27.2. The Morgan fingerprint density at radius 1 is 1.11 bits per heavy atom. The number of nitrogens with zero attached hydrogens (tertiary/aromatic N) is 2. The van der Waals surface area contributed by atoms with E-state index in [-0.39, 0.29) is 39.9 Å². The molecule has 3 aromatic rings. The average molecular weight is 538 g/mol. The monoisotopic (exact) mass is 537 g/mol. The van der Waals surface area contributed by atoms with E-state index in [1.54, 1.807) is 18.2 Å². The fourth-order valence-electron chi connectivity index (χ4n) is 3.52. The number of carbonyl (C=O) groups is 3. The second kappa shape index (κ2) is 11.6. The van der Waals surface area contributed by atoms with Crippen molar-refractivity contribution in [2.45, 2.75) is 6.54 Å². The van der Waals surface area contributed by atoms with Crippen molar-refractivity contribution in [3.05, 3.63) is 98.7 Å². The highest BCUT2D eigenvalue weighted by Gasteiger charge is 2.35. The summed E-state index contributed by atoms with van der Waals surface area (Å²) < 4.78 is 24.9. The van der Waals surface area contributed by atoms with Gasteiger partial charge in [0, 0.05) is 23.4 Å². The highest BCUT2D eigenvalue weighted by Crippen LogP contribution is 2.35. The van der Waals surface area contributed by atoms with Gasteiger partial charge in [-0.15, -0.1) is 0 Å². The molecule has 1 aliphatic rings. The fraction of sp³-hybridized carbons (Fsp3) is 0.115. The fourth-order valence-corrected chi connectivity index (χ4v) is 4.35. The van der Waals surface area contributed by atoms with Gasteiger partial charge in [-0.05, 0) is 47.7 Å². The van der Waals surface area contributed by atoms with Crippen LogP contribution in [-0.2, 0) is 16.1 Å². The molecule has 1 saturated heterocycles. The molecule has 1 N–H and O–H groups in total. The van der Waals surface area contributed by atoms with E-state index in [1.165, 1.54) is 61.7 Å². The van der Waals surface area contributed by atoms with E-state index in [1.807, 2.05) is 0 Å². The van der Waals surface area contributed by atoms with Gasteiger partial charge in [0.2, 0.25) is 0 Å². The number of methoxy groups -OCH3 is 1. The molecule has 1 aliphatic heterocycles. The number of hydrogen-bond acceptors (Lipinski definition) is 8. The lowest BCUT2D eigenvalue weighted by Gasteiger charge is -2.13. The first-order valence-electron chi connectivity index (χ1n) is 11.1. The van der Waals surface area contributed by atoms with E-state index in [0.29, 0.717) is 5.56 Å². The zero-order valence-electron chi connectivity index (χ0n) is 19.9. The molecule has 3 amide bonds. The standard InChI is InChI=1S/C26H20FN3O7S/c1-36-22-11-16(12-23-25(32)29(26(33)38-23)14-17-5-2-3-8-20(17)27)9-10-21(22)37-15-24(31)28-18-6-4-7-19(13-18)30(34)35/h2-13H,14-15H2,1H3,(H,28,31)/b23-12-. The van der Waals surface area contributed by atoms with Gasteiger partial charge in [0.15, 0.2) is 18.1 Å². The van der Waals surface area contributed by atoms with Crippen LogP contribution in [0.1, 0.15) is 11.1 Å². The number of nitro groups is 1. The zero-order valence-corrected chi connectivity index (χ0v) is 20.7. The molecule has 3 aromatic carbocycles. The van der Waals surface area contributed by atoms with Crippen molar-refractivity contribution in [1.29, 1.82) is 0 Å². The molecular weight excluding hydrogens is 517 g/mol. The summed E-state index contributed by atoms with van der Waals surface area (Å²) in [7, 11) is 1.40. The van der Waals surface area contributed by atoms with Gasteiger partial charge in [-0.2, -0.15) is 0 Å². The van der Waals surface area contributed by atoms with Crippen molar-refractivity contribution in [2.24, 2.45) is 0 Å². The lowest BCUT2D eigenvalue weighted by molar-refractivity contribution is -0.384. The summed E-state index contributed by atoms with van der Waals surface area (Å²) >= 11 is 0.746. The molecule has 1 fully saturated rings. The number of halogens is 1. The Balaban J connectivity index is 1.41. The van der Waals surface area contributed by atoms with Gasteiger partial charge in [0.1, 0.15) is 5.82 Å². The van der Waals surface area contributed by atoms with Crippen molar-refractivity contribution in [1.82, 2.24) is 4.90 Å². The van der Waals surface area contributed by atoms with Crippen LogP contribution in [0.5, 0.6) is 11.5 Å². The quantitative estimate of drug-likeness (QED) is 0.230. The molecule has 0 atom stereocenters. The lowest BCUT2D eigenvalue weighted by Crippen LogP contribution is -2.27. The minimum Gasteiger partial charge on any atom is -0.493 e. The third-order valence-corrected chi connectivity index (χ3v) is 6.25. The van der Waals surface area contributed by atoms with Crippen LogP contribution in [-0.4, -0.2) is 40.6 Å². The number of nitro benzene ring substituents is 1. The third kappa shape index (κ3) is 6.16. The van der Waals surface area contributed by atoms with Crippen LogP contribution in [0, 0.1) is 15.9 Å². The Hall–Kier alpha value is -4.71. The molecule has 0 radical (unpaired) electrons. The summed E-state index contributed by atoms with van der Waals surface area (Å²) in [4.78, 5) is 48.9. The van der Waals surface area contributed by atoms with Crippen LogP contribution in [0.25, 0.3) is 6.08 Å². The topological polar surface area (TPSA) is 128 Å². The summed E-state index contributed by atoms with van der Waals surface area (Å²) in [5, 5.41) is 12.9. The molecule has 1 heterocycles. The number of carbonyl (C=O) groups excluding carboxylic acids is 3. The molecule has 0 saturated carbocycles. The van der Waals surface area contributed by atoms with Gasteiger partial charge in [0.05, 0.1) is 23.5 Å². The van der Waals surface area contributed by atoms with Gasteiger partial charge in [-0.25, -0.2) is 4.39 Å². The summed E-state index contributed by atoms with van der Waals surface area (Å²) in [5.41, 5.74) is 0.852. The first-order valence-corrected chi connectivity index (χ1v) is 11.9. The summed E-state index contributed by atoms with van der Waals surface area (Å²) in [6.45, 7) is -0.573. The van der Waals surface area contributed by atoms with Crippen molar-refractivity contribution in [2.75, 3.05) is 19.0 Å². The second-order valence-corrected chi connectivity index (χ2v) is 8.91. The Labute approximate surface area is 220 Å². The molecule has 12 heteroatoms. The maximum atomic E-state index is 14.0. The molecule has 0 aliphatic carbocycles. The van der Waals surface area contributed by atoms with E-state index < -0.39 is 34.4 Å². The van der Waals surface area contributed by atoms with Crippen molar-refractivity contribution < 1.29 is 33.2 Å². The van der Waals surface area contributed by atoms with Gasteiger partial charge in [-0.3, -0.25) is 29.4 Å². The number of hydrogen-bond donors (Lipinski definition) is 1. The highest BCUT2D eigenvalue weighted by molar-refractivity contribution is 8.18. The molecule has 0 spiro atoms. The first kappa shape index (κ1) is 26.4. The third-order valence-electron chi connectivity index (χ3n) is 5.34. The first-order chi connectivity index (χ1) is 18.2. The van der Waals surface area contributed by atoms with Gasteiger partial charge in [0.25, 0.3) is 22.7 Å². The minimum atomic E-state index is -0.567. The number of thioether (sulfide) groups is 1. The second-order valence-electron chi connectivity index (χ2n) is 7.91. The normalized spacial score (nSPS) is 14.1. The summed E-state index contributed by atoms with van der Waals surface area (Å²) in [5.74, 6) is -1.07. The number of amides is 3. The number of ether oxygens (including phenoxy) is 2. The SMILES string of the molecule is COc1cc(/C=C2\SC(=O)N(Cc3ccccc3F)C2=O)ccc1OCC(=O)Nc1cccc([N+](=O)[O-])c1. The van der Waals surface area contributed by atoms with Gasteiger partial charge < -0.3 is 14.8 Å². The van der Waals surface area contributed by atoms with Gasteiger partial charge >= 0.3 is 0 Å². The number of non-ortho nitro benzene ring substituents is 1. The van der Waals surface area contributed by atoms with Gasteiger partial charge in [-0.1, -0.05) is 30.3 Å². The number of benzene rings is 3. The number of anilines is 1. The van der Waals surface area contributed by atoms with E-state index in [9.17, 15) is 28.9 Å². The van der Waals surface area contributed by atoms with Crippen LogP contribution >= 0.6 is 11.8 Å². The smallest absolute Gasteiger partial charge is 0.293 e. The van der Waals surface area contributed by atoms with Crippen molar-refractivity contribution in [3.63, 3.8) is 0 Å². The van der Waals surface area contributed by atoms with Crippen LogP contribution in [0.15, 0.2) is 71.6 Å². The molecule has 0 bridgehead atoms. The van der Waals surface area contributed by atoms with E-state index in [2.05, 4.69) is 5.32 Å². The predicted molar refractivity (Wildman–Crippen MR) is 138 cm³/mol. The molecule has 194 valence electrons. The maximum absolute atomic E-state index is 14.0. The molecular formula is C26H20FN3O7S. The van der Waals surface area contributed by atoms with E-state index >= 15 is 0 Å². The lowest BCUT2D eigenvalue weighted by atomic mass is 10.1. The Morgan fingerprint density at radius 2 is 1.89 bits per heavy atom. The number of imide groups is 1. The van der Waals surface area contributed by atoms with Crippen molar-refractivity contribution in [3.8, 4) is 11.5 Å². The summed E-state index contributed by atoms with van der Waals surface area (Å²) in [6.07, 6.45) is 1.51. The highest BCUT2D eigenvalue weighted by atomic mass is 32.2. The minimum absolute atomic E-state index is 0.161. The molecule has 0 aromatic heterocycles. The Kier molecular flexibility index (Phi) is 8.02. The summed E-state index contributed by atoms with van der Waals surface area (Å²) in [6, 6.07) is 16.1. The van der Waals surface area contributed by atoms with Crippen LogP contribution < -0.4 is 14.8 Å². The largest absolute Gasteiger partial charge is 0.493 e. The van der Waals surface area contributed by atoms with E-state index in [4.69, 9.17) is 9.47 Å². The average Bonchev–Trinajstić information content (AvgIpc) is 3.16. The molecule has 0 unspecified atom stereocenters. The Morgan fingerprint density at radius 3 is 2.63 bits per heavy atom. The number of rotatable bonds is 9. The van der Waals surface area contributed by atoms with Crippen LogP contribution in [0.2, 0.25) is 0 Å². The van der Waals surface area contributed by atoms with Crippen LogP contribution in [0.3, 0.4) is 0 Å². The maximum Gasteiger partial charge on any atom is 0.293 e. The van der Waals surface area contributed by atoms with Crippen molar-refractivity contribution >= 4 is 46.3 Å². The molecule has 4 rings (SSSR count). The number of nitrogens with one attached hydrogen (secondary N) is 1. The Bertz CT molecular complexity index is 1460. The van der Waals surface area contributed by atoms with E-state index in [0.717, 1.165) is 16.7 Å². The predicted octanol–water partition coefficient (Wildman–Crippen LogP) is 5.00. The van der Waals surface area contributed by atoms with Crippen LogP contribution in [0.4, 0.5) is 20.6 Å².